The summed E-state index contributed by atoms with van der Waals surface area (Å²) in [4.78, 5) is 11.6. The van der Waals surface area contributed by atoms with E-state index in [2.05, 4.69) is 0 Å². The van der Waals surface area contributed by atoms with Crippen molar-refractivity contribution >= 4 is 5.78 Å². The molecule has 0 unspecified atom stereocenters. The maximum Gasteiger partial charge on any atom is 0.163 e. The van der Waals surface area contributed by atoms with Crippen LogP contribution in [0.1, 0.15) is 28.2 Å². The zero-order chi connectivity index (χ0) is 20.2. The lowest BCUT2D eigenvalue weighted by atomic mass is 9.91. The first-order valence-corrected chi connectivity index (χ1v) is 9.47. The van der Waals surface area contributed by atoms with Crippen molar-refractivity contribution in [1.82, 2.24) is 0 Å². The molecular weight excluding hydrogens is 368 g/mol. The molecule has 0 saturated carbocycles. The Kier molecular flexibility index (Phi) is 22.3. The lowest BCUT2D eigenvalue weighted by Crippen LogP contribution is -2.25. The molecule has 0 aromatic rings. The molecule has 170 valence electrons. The fourth-order valence-electron chi connectivity index (χ4n) is 1.62. The van der Waals surface area contributed by atoms with Gasteiger partial charge in [0.2, 0.25) is 0 Å². The van der Waals surface area contributed by atoms with E-state index in [1.54, 1.807) is 7.11 Å². The van der Waals surface area contributed by atoms with Crippen LogP contribution in [0.4, 0.5) is 0 Å². The van der Waals surface area contributed by atoms with Gasteiger partial charge in [-0.3, -0.25) is 4.79 Å². The maximum absolute atomic E-state index is 11.6. The molecule has 0 heterocycles. The highest BCUT2D eigenvalue weighted by molar-refractivity contribution is 5.84. The molecule has 28 heavy (non-hydrogen) atoms. The van der Waals surface area contributed by atoms with Crippen LogP contribution in [0.3, 0.4) is 0 Å². The number of carbonyl (C=O) groups excluding carboxylic acids is 1. The van der Waals surface area contributed by atoms with Gasteiger partial charge in [0.05, 0.1) is 79.3 Å². The zero-order valence-electron chi connectivity index (χ0n) is 17.5. The third-order valence-corrected chi connectivity index (χ3v) is 3.36. The van der Waals surface area contributed by atoms with Crippen LogP contribution in [0.2, 0.25) is 0 Å². The third-order valence-electron chi connectivity index (χ3n) is 3.36. The van der Waals surface area contributed by atoms with Gasteiger partial charge in [0.15, 0.2) is 5.78 Å². The normalized spacial score (nSPS) is 11.4. The van der Waals surface area contributed by atoms with Crippen molar-refractivity contribution in [1.29, 1.82) is 0 Å². The number of ether oxygens (including phenoxy) is 7. The van der Waals surface area contributed by atoms with Gasteiger partial charge in [0.1, 0.15) is 6.61 Å². The van der Waals surface area contributed by atoms with Gasteiger partial charge < -0.3 is 33.2 Å². The molecule has 0 aliphatic rings. The SMILES string of the molecule is C.COCCOCCOCCOCCOCCOCCOCC(=O)C(C)(C)C. The molecule has 0 aliphatic heterocycles. The summed E-state index contributed by atoms with van der Waals surface area (Å²) in [6.07, 6.45) is 0. The molecule has 0 bridgehead atoms. The summed E-state index contributed by atoms with van der Waals surface area (Å²) < 4.78 is 36.9. The van der Waals surface area contributed by atoms with Gasteiger partial charge in [-0.15, -0.1) is 0 Å². The Morgan fingerprint density at radius 3 is 1.14 bits per heavy atom. The summed E-state index contributed by atoms with van der Waals surface area (Å²) in [5, 5.41) is 0. The van der Waals surface area contributed by atoms with Crippen molar-refractivity contribution in [3.05, 3.63) is 0 Å². The van der Waals surface area contributed by atoms with Gasteiger partial charge >= 0.3 is 0 Å². The van der Waals surface area contributed by atoms with E-state index in [1.807, 2.05) is 20.8 Å². The molecule has 8 heteroatoms. The lowest BCUT2D eigenvalue weighted by molar-refractivity contribution is -0.131. The van der Waals surface area contributed by atoms with Crippen molar-refractivity contribution in [2.45, 2.75) is 28.2 Å². The monoisotopic (exact) mass is 410 g/mol. The average Bonchev–Trinajstić information content (AvgIpc) is 2.62. The summed E-state index contributed by atoms with van der Waals surface area (Å²) in [6.45, 7) is 12.0. The molecule has 0 aliphatic carbocycles. The Bertz CT molecular complexity index is 331. The lowest BCUT2D eigenvalue weighted by Gasteiger charge is -2.16. The minimum atomic E-state index is -0.360. The van der Waals surface area contributed by atoms with Gasteiger partial charge in [-0.25, -0.2) is 0 Å². The van der Waals surface area contributed by atoms with Gasteiger partial charge in [-0.1, -0.05) is 28.2 Å². The first kappa shape index (κ1) is 29.6. The van der Waals surface area contributed by atoms with E-state index >= 15 is 0 Å². The molecule has 0 fully saturated rings. The average molecular weight is 411 g/mol. The topological polar surface area (TPSA) is 81.7 Å². The number of hydrogen-bond acceptors (Lipinski definition) is 8. The highest BCUT2D eigenvalue weighted by Gasteiger charge is 2.20. The molecule has 0 aromatic carbocycles. The Balaban J connectivity index is 0. The number of Topliss-reactive ketones (excluding diaryl/α,β-unsaturated/α-hetero) is 1. The van der Waals surface area contributed by atoms with Crippen LogP contribution in [0.25, 0.3) is 0 Å². The summed E-state index contributed by atoms with van der Waals surface area (Å²) in [7, 11) is 1.64. The number of ketones is 1. The highest BCUT2D eigenvalue weighted by Crippen LogP contribution is 2.14. The number of hydrogen-bond donors (Lipinski definition) is 0. The van der Waals surface area contributed by atoms with Gasteiger partial charge in [-0.05, 0) is 0 Å². The third kappa shape index (κ3) is 21.7. The first-order chi connectivity index (χ1) is 13.0. The molecule has 0 N–H and O–H groups in total. The predicted octanol–water partition coefficient (Wildman–Crippen LogP) is 1.98. The van der Waals surface area contributed by atoms with Crippen molar-refractivity contribution < 1.29 is 38.0 Å². The van der Waals surface area contributed by atoms with Gasteiger partial charge in [0, 0.05) is 12.5 Å². The van der Waals surface area contributed by atoms with E-state index in [-0.39, 0.29) is 25.2 Å². The standard InChI is InChI=1S/C19H38O8.CH4/c1-19(2,3)18(20)17-27-16-15-26-14-13-25-12-11-24-10-9-23-8-7-22-6-5-21-4;/h5-17H2,1-4H3;1H4. The van der Waals surface area contributed by atoms with E-state index in [4.69, 9.17) is 33.2 Å². The Morgan fingerprint density at radius 2 is 0.857 bits per heavy atom. The molecule has 8 nitrogen and oxygen atoms in total. The molecule has 0 radical (unpaired) electrons. The molecule has 0 rings (SSSR count). The highest BCUT2D eigenvalue weighted by atomic mass is 16.6. The van der Waals surface area contributed by atoms with Crippen LogP contribution >= 0.6 is 0 Å². The summed E-state index contributed by atoms with van der Waals surface area (Å²) in [6, 6.07) is 0. The minimum absolute atomic E-state index is 0. The molecule has 0 amide bonds. The van der Waals surface area contributed by atoms with Crippen LogP contribution in [0, 0.1) is 5.41 Å². The largest absolute Gasteiger partial charge is 0.382 e. The Hall–Kier alpha value is -0.610. The first-order valence-electron chi connectivity index (χ1n) is 9.47. The smallest absolute Gasteiger partial charge is 0.163 e. The predicted molar refractivity (Wildman–Crippen MR) is 108 cm³/mol. The van der Waals surface area contributed by atoms with Crippen LogP contribution in [-0.4, -0.2) is 98.8 Å². The van der Waals surface area contributed by atoms with Crippen molar-refractivity contribution in [3.63, 3.8) is 0 Å². The van der Waals surface area contributed by atoms with E-state index in [1.165, 1.54) is 0 Å². The quantitative estimate of drug-likeness (QED) is 0.282. The van der Waals surface area contributed by atoms with Crippen LogP contribution in [0.15, 0.2) is 0 Å². The van der Waals surface area contributed by atoms with Crippen molar-refractivity contribution in [3.8, 4) is 0 Å². The minimum Gasteiger partial charge on any atom is -0.382 e. The molecular formula is C20H42O8. The second-order valence-corrected chi connectivity index (χ2v) is 6.78. The fourth-order valence-corrected chi connectivity index (χ4v) is 1.62. The number of methoxy groups -OCH3 is 1. The van der Waals surface area contributed by atoms with E-state index in [0.29, 0.717) is 79.3 Å². The number of rotatable bonds is 20. The van der Waals surface area contributed by atoms with Crippen LogP contribution in [-0.2, 0) is 38.0 Å². The molecule has 0 spiro atoms. The molecule has 0 saturated heterocycles. The van der Waals surface area contributed by atoms with Crippen LogP contribution in [0.5, 0.6) is 0 Å². The second-order valence-electron chi connectivity index (χ2n) is 6.78. The number of carbonyl (C=O) groups is 1. The summed E-state index contributed by atoms with van der Waals surface area (Å²) >= 11 is 0. The zero-order valence-corrected chi connectivity index (χ0v) is 17.5. The summed E-state index contributed by atoms with van der Waals surface area (Å²) in [5.41, 5.74) is -0.360. The second kappa shape index (κ2) is 21.1. The maximum atomic E-state index is 11.6. The van der Waals surface area contributed by atoms with Crippen molar-refractivity contribution in [2.24, 2.45) is 5.41 Å². The van der Waals surface area contributed by atoms with Gasteiger partial charge in [-0.2, -0.15) is 0 Å². The summed E-state index contributed by atoms with van der Waals surface area (Å²) in [5.74, 6) is 0.0895. The van der Waals surface area contributed by atoms with Crippen molar-refractivity contribution in [2.75, 3.05) is 93.0 Å². The fraction of sp³-hybridized carbons (Fsp3) is 0.950. The Morgan fingerprint density at radius 1 is 0.571 bits per heavy atom. The van der Waals surface area contributed by atoms with E-state index in [0.717, 1.165) is 0 Å². The van der Waals surface area contributed by atoms with E-state index < -0.39 is 0 Å². The van der Waals surface area contributed by atoms with Crippen LogP contribution < -0.4 is 0 Å². The Labute approximate surface area is 171 Å². The molecule has 0 aromatic heterocycles. The van der Waals surface area contributed by atoms with E-state index in [9.17, 15) is 4.79 Å². The van der Waals surface area contributed by atoms with Gasteiger partial charge in [0.25, 0.3) is 0 Å². The molecule has 0 atom stereocenters.